The van der Waals surface area contributed by atoms with Gasteiger partial charge in [0.2, 0.25) is 0 Å². The molecule has 1 fully saturated rings. The summed E-state index contributed by atoms with van der Waals surface area (Å²) in [5.74, 6) is 1.07. The number of epoxide rings is 1. The lowest BCUT2D eigenvalue weighted by atomic mass is 9.85. The molecule has 32 heavy (non-hydrogen) atoms. The van der Waals surface area contributed by atoms with Crippen molar-refractivity contribution in [2.75, 3.05) is 26.4 Å². The van der Waals surface area contributed by atoms with E-state index in [1.165, 1.54) is 5.56 Å². The number of phenols is 1. The van der Waals surface area contributed by atoms with E-state index in [1.54, 1.807) is 0 Å². The summed E-state index contributed by atoms with van der Waals surface area (Å²) in [7, 11) is 0. The lowest BCUT2D eigenvalue weighted by Crippen LogP contribution is -2.25. The maximum Gasteiger partial charge on any atom is 0.135 e. The summed E-state index contributed by atoms with van der Waals surface area (Å²) < 4.78 is 23.2. The lowest BCUT2D eigenvalue weighted by molar-refractivity contribution is -0.0449. The number of aromatic hydroxyl groups is 1. The summed E-state index contributed by atoms with van der Waals surface area (Å²) in [6.07, 6.45) is 0.163. The van der Waals surface area contributed by atoms with Crippen LogP contribution in [0.25, 0.3) is 21.5 Å². The second-order valence-corrected chi connectivity index (χ2v) is 9.79. The molecule has 1 saturated heterocycles. The van der Waals surface area contributed by atoms with E-state index < -0.39 is 0 Å². The lowest BCUT2D eigenvalue weighted by Gasteiger charge is -2.22. The van der Waals surface area contributed by atoms with Crippen LogP contribution in [0.2, 0.25) is 0 Å². The smallest absolute Gasteiger partial charge is 0.135 e. The topological polar surface area (TPSA) is 60.5 Å². The average Bonchev–Trinajstić information content (AvgIpc) is 3.60. The van der Waals surface area contributed by atoms with Crippen LogP contribution in [0.4, 0.5) is 0 Å². The third kappa shape index (κ3) is 5.17. The van der Waals surface area contributed by atoms with Crippen molar-refractivity contribution in [1.29, 1.82) is 0 Å². The highest BCUT2D eigenvalue weighted by Gasteiger charge is 2.24. The Morgan fingerprint density at radius 1 is 0.938 bits per heavy atom. The van der Waals surface area contributed by atoms with Gasteiger partial charge >= 0.3 is 0 Å². The van der Waals surface area contributed by atoms with Crippen LogP contribution >= 0.6 is 0 Å². The zero-order valence-electron chi connectivity index (χ0n) is 19.7. The van der Waals surface area contributed by atoms with Gasteiger partial charge < -0.3 is 24.1 Å². The van der Waals surface area contributed by atoms with Gasteiger partial charge in [-0.1, -0.05) is 57.2 Å². The Morgan fingerprint density at radius 2 is 1.59 bits per heavy atom. The van der Waals surface area contributed by atoms with Crippen LogP contribution in [-0.4, -0.2) is 49.8 Å². The summed E-state index contributed by atoms with van der Waals surface area (Å²) in [4.78, 5) is 0. The first-order valence-corrected chi connectivity index (χ1v) is 11.4. The van der Waals surface area contributed by atoms with E-state index in [0.717, 1.165) is 33.9 Å². The van der Waals surface area contributed by atoms with Crippen LogP contribution in [0, 0.1) is 0 Å². The van der Waals surface area contributed by atoms with Gasteiger partial charge in [-0.15, -0.1) is 0 Å². The molecule has 0 saturated carbocycles. The second-order valence-electron chi connectivity index (χ2n) is 9.79. The van der Waals surface area contributed by atoms with Crippen LogP contribution in [0.5, 0.6) is 11.5 Å². The predicted molar refractivity (Wildman–Crippen MR) is 128 cm³/mol. The molecular weight excluding hydrogens is 404 g/mol. The Kier molecular flexibility index (Phi) is 6.61. The van der Waals surface area contributed by atoms with Crippen LogP contribution in [-0.2, 0) is 19.6 Å². The Hall–Kier alpha value is -2.34. The largest absolute Gasteiger partial charge is 0.507 e. The summed E-state index contributed by atoms with van der Waals surface area (Å²) in [5.41, 5.74) is 1.16. The summed E-state index contributed by atoms with van der Waals surface area (Å²) >= 11 is 0. The zero-order valence-corrected chi connectivity index (χ0v) is 19.7. The Morgan fingerprint density at radius 3 is 2.28 bits per heavy atom. The second kappa shape index (κ2) is 9.26. The molecule has 1 N–H and O–H groups in total. The number of hydrogen-bond donors (Lipinski definition) is 1. The van der Waals surface area contributed by atoms with Crippen molar-refractivity contribution in [3.05, 3.63) is 48.0 Å². The molecule has 0 bridgehead atoms. The molecule has 0 radical (unpaired) electrons. The molecule has 172 valence electrons. The van der Waals surface area contributed by atoms with Gasteiger partial charge in [0, 0.05) is 21.5 Å². The van der Waals surface area contributed by atoms with Crippen molar-refractivity contribution < 1.29 is 24.1 Å². The first-order chi connectivity index (χ1) is 15.2. The SMILES string of the molecule is CC(COc1c2ccccc2c(O)c2cc(C(C)(C)C)ccc12)OCC(C)OCC1CO1. The summed E-state index contributed by atoms with van der Waals surface area (Å²) in [6.45, 7) is 12.8. The maximum absolute atomic E-state index is 11.0. The van der Waals surface area contributed by atoms with Gasteiger partial charge in [-0.05, 0) is 30.9 Å². The van der Waals surface area contributed by atoms with E-state index in [0.29, 0.717) is 25.6 Å². The number of benzene rings is 3. The molecule has 0 aromatic heterocycles. The molecular formula is C27H34O5. The average molecular weight is 439 g/mol. The fourth-order valence-electron chi connectivity index (χ4n) is 3.77. The molecule has 3 atom stereocenters. The van der Waals surface area contributed by atoms with Gasteiger partial charge in [-0.3, -0.25) is 0 Å². The molecule has 0 aliphatic carbocycles. The van der Waals surface area contributed by atoms with E-state index in [1.807, 2.05) is 38.1 Å². The maximum atomic E-state index is 11.0. The van der Waals surface area contributed by atoms with Gasteiger partial charge in [0.05, 0.1) is 32.0 Å². The molecule has 3 aromatic carbocycles. The minimum atomic E-state index is -0.102. The molecule has 3 aromatic rings. The Labute approximate surface area is 190 Å². The standard InChI is InChI=1S/C27H34O5/c1-17(30-15-20-16-31-20)13-29-18(2)14-32-26-22-9-7-6-8-21(22)25(28)24-12-19(27(3,4)5)10-11-23(24)26/h6-12,17-18,20,28H,13-16H2,1-5H3. The predicted octanol–water partition coefficient (Wildman–Crippen LogP) is 5.58. The van der Waals surface area contributed by atoms with E-state index in [-0.39, 0.29) is 23.7 Å². The molecule has 3 unspecified atom stereocenters. The number of rotatable bonds is 9. The van der Waals surface area contributed by atoms with Crippen LogP contribution < -0.4 is 4.74 Å². The molecule has 0 amide bonds. The highest BCUT2D eigenvalue weighted by molar-refractivity contribution is 6.11. The van der Waals surface area contributed by atoms with E-state index >= 15 is 0 Å². The normalized spacial score (nSPS) is 18.1. The molecule has 1 aliphatic rings. The molecule has 0 spiro atoms. The summed E-state index contributed by atoms with van der Waals surface area (Å²) in [6, 6.07) is 14.1. The fourth-order valence-corrected chi connectivity index (χ4v) is 3.77. The Balaban J connectivity index is 1.54. The minimum absolute atomic E-state index is 0.00722. The van der Waals surface area contributed by atoms with Gasteiger partial charge in [0.25, 0.3) is 0 Å². The highest BCUT2D eigenvalue weighted by Crippen LogP contribution is 2.43. The highest BCUT2D eigenvalue weighted by atomic mass is 16.6. The van der Waals surface area contributed by atoms with E-state index in [2.05, 4.69) is 39.0 Å². The molecule has 4 rings (SSSR count). The first kappa shape index (κ1) is 22.8. The molecule has 5 heteroatoms. The van der Waals surface area contributed by atoms with Gasteiger partial charge in [0.15, 0.2) is 0 Å². The van der Waals surface area contributed by atoms with Gasteiger partial charge in [-0.2, -0.15) is 0 Å². The van der Waals surface area contributed by atoms with Crippen molar-refractivity contribution in [2.45, 2.75) is 58.3 Å². The third-order valence-corrected chi connectivity index (χ3v) is 5.86. The van der Waals surface area contributed by atoms with E-state index in [9.17, 15) is 5.11 Å². The van der Waals surface area contributed by atoms with Crippen molar-refractivity contribution in [2.24, 2.45) is 0 Å². The fraction of sp³-hybridized carbons (Fsp3) is 0.481. The molecule has 1 aliphatic heterocycles. The number of fused-ring (bicyclic) bond motifs is 2. The quantitative estimate of drug-likeness (QED) is 0.349. The monoisotopic (exact) mass is 438 g/mol. The minimum Gasteiger partial charge on any atom is -0.507 e. The molecule has 1 heterocycles. The van der Waals surface area contributed by atoms with Crippen LogP contribution in [0.15, 0.2) is 42.5 Å². The van der Waals surface area contributed by atoms with Crippen molar-refractivity contribution >= 4 is 21.5 Å². The molecule has 5 nitrogen and oxygen atoms in total. The zero-order chi connectivity index (χ0) is 22.9. The number of hydrogen-bond acceptors (Lipinski definition) is 5. The van der Waals surface area contributed by atoms with Gasteiger partial charge in [-0.25, -0.2) is 0 Å². The third-order valence-electron chi connectivity index (χ3n) is 5.86. The van der Waals surface area contributed by atoms with Crippen molar-refractivity contribution in [1.82, 2.24) is 0 Å². The van der Waals surface area contributed by atoms with Crippen LogP contribution in [0.1, 0.15) is 40.2 Å². The Bertz CT molecular complexity index is 1080. The number of ether oxygens (including phenoxy) is 4. The first-order valence-electron chi connectivity index (χ1n) is 11.4. The summed E-state index contributed by atoms with van der Waals surface area (Å²) in [5, 5.41) is 14.4. The van der Waals surface area contributed by atoms with Crippen molar-refractivity contribution in [3.8, 4) is 11.5 Å². The van der Waals surface area contributed by atoms with Crippen molar-refractivity contribution in [3.63, 3.8) is 0 Å². The number of phenolic OH excluding ortho intramolecular Hbond substituents is 1. The van der Waals surface area contributed by atoms with Crippen LogP contribution in [0.3, 0.4) is 0 Å². The van der Waals surface area contributed by atoms with E-state index in [4.69, 9.17) is 18.9 Å². The van der Waals surface area contributed by atoms with Gasteiger partial charge in [0.1, 0.15) is 24.2 Å².